The van der Waals surface area contributed by atoms with Gasteiger partial charge in [0.25, 0.3) is 5.91 Å². The lowest BCUT2D eigenvalue weighted by atomic mass is 10.1. The summed E-state index contributed by atoms with van der Waals surface area (Å²) in [5, 5.41) is 18.0. The number of aryl methyl sites for hydroxylation is 1. The first-order valence-corrected chi connectivity index (χ1v) is 4.61. The summed E-state index contributed by atoms with van der Waals surface area (Å²) < 4.78 is 0. The van der Waals surface area contributed by atoms with E-state index in [0.29, 0.717) is 11.4 Å². The number of nitrogens with one attached hydrogen (secondary N) is 2. The maximum absolute atomic E-state index is 11.7. The standard InChI is InChI=1S/C9H16N4O2/c1-5-6(10)7(13-12-5)8(15)11-9(2,3)4-14/h14H,4,10H2,1-3H3,(H,11,15)(H,12,13). The second-order valence-corrected chi connectivity index (χ2v) is 4.11. The number of amides is 1. The van der Waals surface area contributed by atoms with Crippen LogP contribution in [0.1, 0.15) is 30.0 Å². The first-order valence-electron chi connectivity index (χ1n) is 4.61. The van der Waals surface area contributed by atoms with Crippen molar-refractivity contribution < 1.29 is 9.90 Å². The normalized spacial score (nSPS) is 11.5. The van der Waals surface area contributed by atoms with E-state index in [0.717, 1.165) is 0 Å². The Hall–Kier alpha value is -1.56. The second-order valence-electron chi connectivity index (χ2n) is 4.11. The summed E-state index contributed by atoms with van der Waals surface area (Å²) in [4.78, 5) is 11.7. The van der Waals surface area contributed by atoms with Crippen LogP contribution in [0.4, 0.5) is 5.69 Å². The third kappa shape index (κ3) is 2.47. The molecule has 1 aromatic rings. The number of aliphatic hydroxyl groups excluding tert-OH is 1. The van der Waals surface area contributed by atoms with Crippen LogP contribution in [0.5, 0.6) is 0 Å². The van der Waals surface area contributed by atoms with Gasteiger partial charge in [0.2, 0.25) is 0 Å². The van der Waals surface area contributed by atoms with Crippen molar-refractivity contribution in [1.29, 1.82) is 0 Å². The third-order valence-corrected chi connectivity index (χ3v) is 2.06. The molecular weight excluding hydrogens is 196 g/mol. The van der Waals surface area contributed by atoms with E-state index in [1.807, 2.05) is 0 Å². The van der Waals surface area contributed by atoms with Gasteiger partial charge >= 0.3 is 0 Å². The van der Waals surface area contributed by atoms with Crippen molar-refractivity contribution >= 4 is 11.6 Å². The topological polar surface area (TPSA) is 104 Å². The van der Waals surface area contributed by atoms with Crippen molar-refractivity contribution in [1.82, 2.24) is 15.5 Å². The van der Waals surface area contributed by atoms with E-state index in [-0.39, 0.29) is 12.3 Å². The Labute approximate surface area is 87.9 Å². The van der Waals surface area contributed by atoms with Crippen molar-refractivity contribution in [2.24, 2.45) is 0 Å². The minimum atomic E-state index is -0.684. The van der Waals surface area contributed by atoms with E-state index in [9.17, 15) is 4.79 Å². The van der Waals surface area contributed by atoms with Gasteiger partial charge in [-0.05, 0) is 20.8 Å². The van der Waals surface area contributed by atoms with Crippen LogP contribution in [0.25, 0.3) is 0 Å². The Bertz CT molecular complexity index is 370. The van der Waals surface area contributed by atoms with Gasteiger partial charge < -0.3 is 16.2 Å². The van der Waals surface area contributed by atoms with Gasteiger partial charge in [0.05, 0.1) is 23.5 Å². The van der Waals surface area contributed by atoms with Crippen LogP contribution >= 0.6 is 0 Å². The summed E-state index contributed by atoms with van der Waals surface area (Å²) in [5.41, 5.74) is 6.11. The zero-order chi connectivity index (χ0) is 11.6. The number of rotatable bonds is 3. The van der Waals surface area contributed by atoms with E-state index in [2.05, 4.69) is 15.5 Å². The molecule has 5 N–H and O–H groups in total. The molecule has 0 aromatic carbocycles. The van der Waals surface area contributed by atoms with Crippen molar-refractivity contribution in [3.05, 3.63) is 11.4 Å². The lowest BCUT2D eigenvalue weighted by Crippen LogP contribution is -2.46. The molecule has 1 heterocycles. The van der Waals surface area contributed by atoms with Gasteiger partial charge in [-0.25, -0.2) is 0 Å². The van der Waals surface area contributed by atoms with Gasteiger partial charge in [-0.15, -0.1) is 0 Å². The van der Waals surface area contributed by atoms with Crippen LogP contribution in [-0.2, 0) is 0 Å². The summed E-state index contributed by atoms with van der Waals surface area (Å²) >= 11 is 0. The number of hydrogen-bond donors (Lipinski definition) is 4. The molecule has 15 heavy (non-hydrogen) atoms. The molecule has 0 fully saturated rings. The number of hydrogen-bond acceptors (Lipinski definition) is 4. The molecule has 0 aliphatic rings. The maximum atomic E-state index is 11.7. The molecule has 0 aliphatic heterocycles. The van der Waals surface area contributed by atoms with Gasteiger partial charge in [0.15, 0.2) is 5.69 Å². The molecule has 0 saturated heterocycles. The van der Waals surface area contributed by atoms with Crippen LogP contribution in [0.3, 0.4) is 0 Å². The minimum absolute atomic E-state index is 0.151. The summed E-state index contributed by atoms with van der Waals surface area (Å²) in [6, 6.07) is 0. The number of aliphatic hydroxyl groups is 1. The molecule has 6 nitrogen and oxygen atoms in total. The van der Waals surface area contributed by atoms with Gasteiger partial charge in [0.1, 0.15) is 0 Å². The van der Waals surface area contributed by atoms with Gasteiger partial charge in [-0.3, -0.25) is 9.89 Å². The summed E-state index contributed by atoms with van der Waals surface area (Å²) in [6.07, 6.45) is 0. The molecule has 0 bridgehead atoms. The number of nitrogen functional groups attached to an aromatic ring is 1. The highest BCUT2D eigenvalue weighted by Crippen LogP contribution is 2.13. The number of nitrogens with zero attached hydrogens (tertiary/aromatic N) is 1. The number of anilines is 1. The Morgan fingerprint density at radius 1 is 1.67 bits per heavy atom. The molecule has 1 rings (SSSR count). The van der Waals surface area contributed by atoms with E-state index in [4.69, 9.17) is 10.8 Å². The van der Waals surface area contributed by atoms with E-state index in [1.165, 1.54) is 0 Å². The average molecular weight is 212 g/mol. The molecule has 0 spiro atoms. The van der Waals surface area contributed by atoms with E-state index >= 15 is 0 Å². The third-order valence-electron chi connectivity index (χ3n) is 2.06. The van der Waals surface area contributed by atoms with Gasteiger partial charge in [-0.2, -0.15) is 5.10 Å². The van der Waals surface area contributed by atoms with Crippen LogP contribution in [0.2, 0.25) is 0 Å². The molecule has 6 heteroatoms. The van der Waals surface area contributed by atoms with Crippen LogP contribution in [-0.4, -0.2) is 33.4 Å². The fourth-order valence-corrected chi connectivity index (χ4v) is 1.02. The van der Waals surface area contributed by atoms with Gasteiger partial charge in [-0.1, -0.05) is 0 Å². The average Bonchev–Trinajstić information content (AvgIpc) is 2.47. The first-order chi connectivity index (χ1) is 6.87. The van der Waals surface area contributed by atoms with Crippen molar-refractivity contribution in [2.75, 3.05) is 12.3 Å². The number of nitrogens with two attached hydrogens (primary N) is 1. The highest BCUT2D eigenvalue weighted by atomic mass is 16.3. The molecule has 0 atom stereocenters. The van der Waals surface area contributed by atoms with Crippen LogP contribution in [0, 0.1) is 6.92 Å². The van der Waals surface area contributed by atoms with Crippen molar-refractivity contribution in [3.8, 4) is 0 Å². The number of H-pyrrole nitrogens is 1. The lowest BCUT2D eigenvalue weighted by molar-refractivity contribution is 0.0865. The SMILES string of the molecule is Cc1[nH]nc(C(=O)NC(C)(C)CO)c1N. The largest absolute Gasteiger partial charge is 0.395 e. The molecule has 1 aromatic heterocycles. The quantitative estimate of drug-likeness (QED) is 0.557. The second kappa shape index (κ2) is 3.90. The van der Waals surface area contributed by atoms with Crippen LogP contribution < -0.4 is 11.1 Å². The summed E-state index contributed by atoms with van der Waals surface area (Å²) in [6.45, 7) is 5.00. The molecule has 1 amide bonds. The fraction of sp³-hybridized carbons (Fsp3) is 0.556. The predicted octanol–water partition coefficient (Wildman–Crippen LogP) is -0.199. The zero-order valence-corrected chi connectivity index (χ0v) is 9.09. The maximum Gasteiger partial charge on any atom is 0.274 e. The monoisotopic (exact) mass is 212 g/mol. The molecule has 0 aliphatic carbocycles. The summed E-state index contributed by atoms with van der Waals surface area (Å²) in [7, 11) is 0. The summed E-state index contributed by atoms with van der Waals surface area (Å²) in [5.74, 6) is -0.393. The smallest absolute Gasteiger partial charge is 0.274 e. The van der Waals surface area contributed by atoms with Crippen LogP contribution in [0.15, 0.2) is 0 Å². The number of carbonyl (C=O) groups is 1. The Kier molecular flexibility index (Phi) is 2.99. The zero-order valence-electron chi connectivity index (χ0n) is 9.09. The lowest BCUT2D eigenvalue weighted by Gasteiger charge is -2.22. The fourth-order valence-electron chi connectivity index (χ4n) is 1.02. The number of aromatic amines is 1. The minimum Gasteiger partial charge on any atom is -0.395 e. The molecule has 0 unspecified atom stereocenters. The van der Waals surface area contributed by atoms with Crippen molar-refractivity contribution in [2.45, 2.75) is 26.3 Å². The van der Waals surface area contributed by atoms with E-state index in [1.54, 1.807) is 20.8 Å². The predicted molar refractivity (Wildman–Crippen MR) is 56.4 cm³/mol. The number of carbonyl (C=O) groups excluding carboxylic acids is 1. The Morgan fingerprint density at radius 3 is 2.67 bits per heavy atom. The molecular formula is C9H16N4O2. The Morgan fingerprint density at radius 2 is 2.27 bits per heavy atom. The molecule has 0 saturated carbocycles. The highest BCUT2D eigenvalue weighted by molar-refractivity contribution is 5.97. The molecule has 84 valence electrons. The number of aromatic nitrogens is 2. The first kappa shape index (κ1) is 11.5. The molecule has 0 radical (unpaired) electrons. The van der Waals surface area contributed by atoms with Gasteiger partial charge in [0, 0.05) is 0 Å². The highest BCUT2D eigenvalue weighted by Gasteiger charge is 2.23. The Balaban J connectivity index is 2.83. The van der Waals surface area contributed by atoms with Crippen molar-refractivity contribution in [3.63, 3.8) is 0 Å². The van der Waals surface area contributed by atoms with E-state index < -0.39 is 11.4 Å².